The van der Waals surface area contributed by atoms with Gasteiger partial charge in [0.1, 0.15) is 0 Å². The van der Waals surface area contributed by atoms with E-state index in [4.69, 9.17) is 5.73 Å². The first kappa shape index (κ1) is 13.6. The van der Waals surface area contributed by atoms with Crippen molar-refractivity contribution in [3.63, 3.8) is 0 Å². The highest BCUT2D eigenvalue weighted by molar-refractivity contribution is 9.10. The minimum absolute atomic E-state index is 0.248. The maximum absolute atomic E-state index is 12.1. The maximum atomic E-state index is 12.1. The average Bonchev–Trinajstić information content (AvgIpc) is 2.38. The van der Waals surface area contributed by atoms with E-state index in [1.165, 1.54) is 5.56 Å². The van der Waals surface area contributed by atoms with Crippen molar-refractivity contribution < 1.29 is 4.79 Å². The number of aryl methyl sites for hydroxylation is 1. The number of carbonyl (C=O) groups is 1. The average molecular weight is 311 g/mol. The highest BCUT2D eigenvalue weighted by Gasteiger charge is 2.20. The number of piperidine rings is 1. The van der Waals surface area contributed by atoms with E-state index in [0.717, 1.165) is 36.8 Å². The summed E-state index contributed by atoms with van der Waals surface area (Å²) in [6, 6.07) is 8.34. The smallest absolute Gasteiger partial charge is 0.222 e. The van der Waals surface area contributed by atoms with Crippen molar-refractivity contribution >= 4 is 21.8 Å². The molecule has 2 rings (SSSR count). The van der Waals surface area contributed by atoms with Gasteiger partial charge in [-0.05, 0) is 30.9 Å². The van der Waals surface area contributed by atoms with Crippen LogP contribution in [0.4, 0.5) is 0 Å². The third-order valence-electron chi connectivity index (χ3n) is 3.46. The molecule has 0 saturated carbocycles. The van der Waals surface area contributed by atoms with Gasteiger partial charge in [-0.3, -0.25) is 4.79 Å². The molecule has 0 atom stereocenters. The predicted molar refractivity (Wildman–Crippen MR) is 76.3 cm³/mol. The van der Waals surface area contributed by atoms with Gasteiger partial charge in [0.05, 0.1) is 0 Å². The fourth-order valence-corrected chi connectivity index (χ4v) is 2.73. The van der Waals surface area contributed by atoms with Crippen molar-refractivity contribution in [3.8, 4) is 0 Å². The summed E-state index contributed by atoms with van der Waals surface area (Å²) in [5.41, 5.74) is 7.03. The van der Waals surface area contributed by atoms with Crippen LogP contribution in [0.2, 0.25) is 0 Å². The molecule has 0 bridgehead atoms. The molecule has 3 nitrogen and oxygen atoms in total. The molecular weight excluding hydrogens is 292 g/mol. The molecule has 0 unspecified atom stereocenters. The molecule has 1 aliphatic heterocycles. The molecule has 0 spiro atoms. The van der Waals surface area contributed by atoms with E-state index in [-0.39, 0.29) is 11.9 Å². The number of halogens is 1. The van der Waals surface area contributed by atoms with Crippen LogP contribution in [0.3, 0.4) is 0 Å². The Morgan fingerprint density at radius 2 is 2.00 bits per heavy atom. The fraction of sp³-hybridized carbons (Fsp3) is 0.500. The molecule has 1 saturated heterocycles. The Labute approximate surface area is 116 Å². The molecule has 4 heteroatoms. The Morgan fingerprint density at radius 1 is 1.33 bits per heavy atom. The molecule has 1 aromatic rings. The second-order valence-corrected chi connectivity index (χ2v) is 5.66. The summed E-state index contributed by atoms with van der Waals surface area (Å²) in [6.07, 6.45) is 3.24. The molecule has 1 heterocycles. The zero-order chi connectivity index (χ0) is 13.0. The van der Waals surface area contributed by atoms with E-state index in [1.807, 2.05) is 23.1 Å². The first-order chi connectivity index (χ1) is 8.66. The number of amides is 1. The zero-order valence-electron chi connectivity index (χ0n) is 10.4. The van der Waals surface area contributed by atoms with E-state index in [0.29, 0.717) is 6.42 Å². The van der Waals surface area contributed by atoms with Crippen LogP contribution in [0.5, 0.6) is 0 Å². The summed E-state index contributed by atoms with van der Waals surface area (Å²) >= 11 is 3.51. The summed E-state index contributed by atoms with van der Waals surface area (Å²) in [5, 5.41) is 0. The van der Waals surface area contributed by atoms with Crippen molar-refractivity contribution in [2.45, 2.75) is 31.7 Å². The lowest BCUT2D eigenvalue weighted by Gasteiger charge is -2.30. The van der Waals surface area contributed by atoms with Crippen molar-refractivity contribution in [1.29, 1.82) is 0 Å². The number of carbonyl (C=O) groups excluding carboxylic acids is 1. The van der Waals surface area contributed by atoms with Gasteiger partial charge in [0, 0.05) is 30.0 Å². The Bertz CT molecular complexity index is 414. The standard InChI is InChI=1S/C14H19BrN2O/c15-13-4-2-1-3-11(13)5-6-14(18)17-9-7-12(16)8-10-17/h1-4,12H,5-10,16H2. The van der Waals surface area contributed by atoms with Gasteiger partial charge in [-0.2, -0.15) is 0 Å². The van der Waals surface area contributed by atoms with Crippen LogP contribution in [-0.2, 0) is 11.2 Å². The summed E-state index contributed by atoms with van der Waals surface area (Å²) in [7, 11) is 0. The van der Waals surface area contributed by atoms with Gasteiger partial charge >= 0.3 is 0 Å². The van der Waals surface area contributed by atoms with Crippen LogP contribution in [0.25, 0.3) is 0 Å². The Hall–Kier alpha value is -0.870. The lowest BCUT2D eigenvalue weighted by molar-refractivity contribution is -0.132. The minimum atomic E-state index is 0.248. The molecule has 1 aliphatic rings. The van der Waals surface area contributed by atoms with Crippen molar-refractivity contribution in [2.24, 2.45) is 5.73 Å². The van der Waals surface area contributed by atoms with Crippen LogP contribution in [-0.4, -0.2) is 29.9 Å². The molecule has 0 radical (unpaired) electrons. The van der Waals surface area contributed by atoms with Gasteiger partial charge in [0.2, 0.25) is 5.91 Å². The van der Waals surface area contributed by atoms with Gasteiger partial charge in [0.15, 0.2) is 0 Å². The Kier molecular flexibility index (Phi) is 4.78. The van der Waals surface area contributed by atoms with Crippen LogP contribution >= 0.6 is 15.9 Å². The lowest BCUT2D eigenvalue weighted by atomic mass is 10.0. The molecule has 1 fully saturated rings. The van der Waals surface area contributed by atoms with Gasteiger partial charge in [-0.25, -0.2) is 0 Å². The van der Waals surface area contributed by atoms with E-state index < -0.39 is 0 Å². The number of nitrogens with two attached hydrogens (primary N) is 1. The van der Waals surface area contributed by atoms with E-state index in [9.17, 15) is 4.79 Å². The molecule has 18 heavy (non-hydrogen) atoms. The number of likely N-dealkylation sites (tertiary alicyclic amines) is 1. The second kappa shape index (κ2) is 6.34. The van der Waals surface area contributed by atoms with Crippen molar-refractivity contribution in [2.75, 3.05) is 13.1 Å². The molecule has 0 aromatic heterocycles. The van der Waals surface area contributed by atoms with Gasteiger partial charge in [0.25, 0.3) is 0 Å². The largest absolute Gasteiger partial charge is 0.343 e. The zero-order valence-corrected chi connectivity index (χ0v) is 12.0. The lowest BCUT2D eigenvalue weighted by Crippen LogP contribution is -2.42. The monoisotopic (exact) mass is 310 g/mol. The van der Waals surface area contributed by atoms with Crippen LogP contribution in [0, 0.1) is 0 Å². The van der Waals surface area contributed by atoms with Gasteiger partial charge in [-0.1, -0.05) is 34.1 Å². The minimum Gasteiger partial charge on any atom is -0.343 e. The normalized spacial score (nSPS) is 16.9. The topological polar surface area (TPSA) is 46.3 Å². The molecule has 1 aromatic carbocycles. The van der Waals surface area contributed by atoms with Gasteiger partial charge < -0.3 is 10.6 Å². The number of hydrogen-bond acceptors (Lipinski definition) is 2. The summed E-state index contributed by atoms with van der Waals surface area (Å²) < 4.78 is 1.08. The molecule has 98 valence electrons. The Morgan fingerprint density at radius 3 is 2.67 bits per heavy atom. The van der Waals surface area contributed by atoms with E-state index in [1.54, 1.807) is 0 Å². The van der Waals surface area contributed by atoms with Gasteiger partial charge in [-0.15, -0.1) is 0 Å². The molecular formula is C14H19BrN2O. The number of rotatable bonds is 3. The summed E-state index contributed by atoms with van der Waals surface area (Å²) in [5.74, 6) is 0.248. The Balaban J connectivity index is 1.83. The number of nitrogens with zero attached hydrogens (tertiary/aromatic N) is 1. The SMILES string of the molecule is NC1CCN(C(=O)CCc2ccccc2Br)CC1. The third kappa shape index (κ3) is 3.56. The van der Waals surface area contributed by atoms with Crippen molar-refractivity contribution in [3.05, 3.63) is 34.3 Å². The quantitative estimate of drug-likeness (QED) is 0.931. The van der Waals surface area contributed by atoms with Crippen molar-refractivity contribution in [1.82, 2.24) is 4.90 Å². The first-order valence-corrected chi connectivity index (χ1v) is 7.23. The number of hydrogen-bond donors (Lipinski definition) is 1. The number of benzene rings is 1. The van der Waals surface area contributed by atoms with Crippen LogP contribution in [0.15, 0.2) is 28.7 Å². The third-order valence-corrected chi connectivity index (χ3v) is 4.23. The fourth-order valence-electron chi connectivity index (χ4n) is 2.25. The maximum Gasteiger partial charge on any atom is 0.222 e. The summed E-state index contributed by atoms with van der Waals surface area (Å²) in [6.45, 7) is 1.63. The van der Waals surface area contributed by atoms with Crippen LogP contribution < -0.4 is 5.73 Å². The molecule has 0 aliphatic carbocycles. The highest BCUT2D eigenvalue weighted by Crippen LogP contribution is 2.18. The summed E-state index contributed by atoms with van der Waals surface area (Å²) in [4.78, 5) is 14.0. The predicted octanol–water partition coefficient (Wildman–Crippen LogP) is 2.33. The van der Waals surface area contributed by atoms with Crippen LogP contribution in [0.1, 0.15) is 24.8 Å². The van der Waals surface area contributed by atoms with E-state index in [2.05, 4.69) is 22.0 Å². The molecule has 2 N–H and O–H groups in total. The van der Waals surface area contributed by atoms with E-state index >= 15 is 0 Å². The highest BCUT2D eigenvalue weighted by atomic mass is 79.9. The first-order valence-electron chi connectivity index (χ1n) is 6.43. The second-order valence-electron chi connectivity index (χ2n) is 4.81. The molecule has 1 amide bonds.